The summed E-state index contributed by atoms with van der Waals surface area (Å²) in [5, 5.41) is -0.268. The fraction of sp³-hybridized carbons (Fsp3) is 1.00. The summed E-state index contributed by atoms with van der Waals surface area (Å²) in [6.07, 6.45) is 0. The maximum atomic E-state index is 5.55. The topological polar surface area (TPSA) is 9.23 Å². The molecule has 0 saturated carbocycles. The van der Waals surface area contributed by atoms with Gasteiger partial charge < -0.3 is 4.43 Å². The van der Waals surface area contributed by atoms with Crippen LogP contribution >= 0.6 is 34.8 Å². The third-order valence-corrected chi connectivity index (χ3v) is 2.18. The Balaban J connectivity index is 3.17. The van der Waals surface area contributed by atoms with Crippen molar-refractivity contribution in [2.24, 2.45) is 0 Å². The van der Waals surface area contributed by atoms with Crippen molar-refractivity contribution in [1.82, 2.24) is 0 Å². The molecule has 0 fully saturated rings. The molecule has 0 bridgehead atoms. The highest BCUT2D eigenvalue weighted by Crippen LogP contribution is 2.13. The van der Waals surface area contributed by atoms with Crippen LogP contribution in [-0.4, -0.2) is 27.3 Å². The van der Waals surface area contributed by atoms with Gasteiger partial charge in [0.1, 0.15) is 15.3 Å². The van der Waals surface area contributed by atoms with E-state index in [-0.39, 0.29) is 5.38 Å². The summed E-state index contributed by atoms with van der Waals surface area (Å²) in [4.78, 5) is -0.523. The SMILES string of the molecule is [SiH3]OCC(Cl)C(Cl)Cl. The molecule has 0 spiro atoms. The van der Waals surface area contributed by atoms with Gasteiger partial charge in [-0.3, -0.25) is 0 Å². The van der Waals surface area contributed by atoms with E-state index in [1.54, 1.807) is 0 Å². The van der Waals surface area contributed by atoms with Gasteiger partial charge in [-0.1, -0.05) is 0 Å². The molecular weight excluding hydrogens is 186 g/mol. The van der Waals surface area contributed by atoms with Crippen molar-refractivity contribution in [3.05, 3.63) is 0 Å². The molecule has 1 unspecified atom stereocenters. The second-order valence-electron chi connectivity index (χ2n) is 1.31. The zero-order valence-electron chi connectivity index (χ0n) is 4.40. The molecule has 1 atom stereocenters. The molecule has 0 aliphatic heterocycles. The number of alkyl halides is 3. The third kappa shape index (κ3) is 3.98. The van der Waals surface area contributed by atoms with Gasteiger partial charge in [0.2, 0.25) is 0 Å². The first-order valence-electron chi connectivity index (χ1n) is 2.09. The quantitative estimate of drug-likeness (QED) is 0.474. The van der Waals surface area contributed by atoms with Crippen molar-refractivity contribution in [2.45, 2.75) is 10.2 Å². The molecule has 0 aliphatic carbocycles. The molecule has 1 nitrogen and oxygen atoms in total. The molecule has 0 heterocycles. The maximum absolute atomic E-state index is 5.55. The average Bonchev–Trinajstić information content (AvgIpc) is 1.67. The molecule has 8 heavy (non-hydrogen) atoms. The summed E-state index contributed by atoms with van der Waals surface area (Å²) < 4.78 is 4.80. The van der Waals surface area contributed by atoms with Crippen LogP contribution in [-0.2, 0) is 4.43 Å². The molecular formula is C3H7Cl3OSi. The Morgan fingerprint density at radius 3 is 2.00 bits per heavy atom. The van der Waals surface area contributed by atoms with E-state index in [0.29, 0.717) is 17.1 Å². The van der Waals surface area contributed by atoms with Crippen molar-refractivity contribution in [1.29, 1.82) is 0 Å². The van der Waals surface area contributed by atoms with Crippen LogP contribution in [0.5, 0.6) is 0 Å². The Kier molecular flexibility index (Phi) is 5.52. The smallest absolute Gasteiger partial charge is 0.146 e. The van der Waals surface area contributed by atoms with E-state index in [2.05, 4.69) is 0 Å². The van der Waals surface area contributed by atoms with Gasteiger partial charge in [-0.05, 0) is 0 Å². The van der Waals surface area contributed by atoms with Crippen LogP contribution in [0.1, 0.15) is 0 Å². The van der Waals surface area contributed by atoms with E-state index in [0.717, 1.165) is 0 Å². The predicted octanol–water partition coefficient (Wildman–Crippen LogP) is 0.694. The monoisotopic (exact) mass is 192 g/mol. The van der Waals surface area contributed by atoms with Crippen LogP contribution in [0.3, 0.4) is 0 Å². The molecule has 0 saturated heterocycles. The van der Waals surface area contributed by atoms with Crippen molar-refractivity contribution in [3.8, 4) is 0 Å². The average molecular weight is 194 g/mol. The van der Waals surface area contributed by atoms with Crippen LogP contribution in [0, 0.1) is 0 Å². The molecule has 0 aromatic carbocycles. The van der Waals surface area contributed by atoms with Gasteiger partial charge in [-0.25, -0.2) is 0 Å². The van der Waals surface area contributed by atoms with Gasteiger partial charge in [0.15, 0.2) is 0 Å². The molecule has 0 aromatic heterocycles. The van der Waals surface area contributed by atoms with Gasteiger partial charge in [0, 0.05) is 0 Å². The van der Waals surface area contributed by atoms with Crippen LogP contribution in [0.25, 0.3) is 0 Å². The van der Waals surface area contributed by atoms with Crippen molar-refractivity contribution in [2.75, 3.05) is 6.61 Å². The Labute approximate surface area is 66.8 Å². The number of hydrogen-bond donors (Lipinski definition) is 0. The first kappa shape index (κ1) is 9.05. The summed E-state index contributed by atoms with van der Waals surface area (Å²) in [5.74, 6) is 0. The first-order chi connectivity index (χ1) is 3.68. The lowest BCUT2D eigenvalue weighted by molar-refractivity contribution is 0.350. The summed E-state index contributed by atoms with van der Waals surface area (Å²) in [7, 11) is 0.681. The largest absolute Gasteiger partial charge is 0.426 e. The molecule has 5 heteroatoms. The Morgan fingerprint density at radius 1 is 1.38 bits per heavy atom. The Hall–Kier alpha value is 1.05. The molecule has 0 radical (unpaired) electrons. The van der Waals surface area contributed by atoms with Crippen LogP contribution in [0.2, 0.25) is 0 Å². The highest BCUT2D eigenvalue weighted by Gasteiger charge is 2.11. The fourth-order valence-corrected chi connectivity index (χ4v) is 1.07. The van der Waals surface area contributed by atoms with Crippen molar-refractivity contribution in [3.63, 3.8) is 0 Å². The summed E-state index contributed by atoms with van der Waals surface area (Å²) in [5.41, 5.74) is 0. The predicted molar refractivity (Wildman–Crippen MR) is 41.0 cm³/mol. The molecule has 0 aliphatic rings. The van der Waals surface area contributed by atoms with Crippen molar-refractivity contribution >= 4 is 45.3 Å². The van der Waals surface area contributed by atoms with E-state index >= 15 is 0 Å². The van der Waals surface area contributed by atoms with Crippen molar-refractivity contribution < 1.29 is 4.43 Å². The minimum atomic E-state index is -0.523. The molecule has 50 valence electrons. The number of rotatable bonds is 3. The number of halogens is 3. The minimum absolute atomic E-state index is 0.268. The Morgan fingerprint density at radius 2 is 1.88 bits per heavy atom. The van der Waals surface area contributed by atoms with Gasteiger partial charge >= 0.3 is 0 Å². The lowest BCUT2D eigenvalue weighted by Gasteiger charge is -2.06. The zero-order valence-corrected chi connectivity index (χ0v) is 8.67. The standard InChI is InChI=1S/C3H7Cl3OSi/c4-2(1-7-8)3(5)6/h2-3H,1H2,8H3. The van der Waals surface area contributed by atoms with E-state index in [1.807, 2.05) is 0 Å². The Bertz CT molecular complexity index is 60.5. The second kappa shape index (κ2) is 4.88. The van der Waals surface area contributed by atoms with E-state index < -0.39 is 4.84 Å². The highest BCUT2D eigenvalue weighted by atomic mass is 35.5. The van der Waals surface area contributed by atoms with E-state index in [9.17, 15) is 0 Å². The van der Waals surface area contributed by atoms with E-state index in [4.69, 9.17) is 39.2 Å². The highest BCUT2D eigenvalue weighted by molar-refractivity contribution is 6.48. The normalized spacial score (nSPS) is 15.0. The minimum Gasteiger partial charge on any atom is -0.426 e. The summed E-state index contributed by atoms with van der Waals surface area (Å²) in [6, 6.07) is 0. The van der Waals surface area contributed by atoms with Crippen LogP contribution < -0.4 is 0 Å². The van der Waals surface area contributed by atoms with Gasteiger partial charge in [-0.2, -0.15) is 0 Å². The molecule has 0 aromatic rings. The fourth-order valence-electron chi connectivity index (χ4n) is 0.232. The molecule has 0 rings (SSSR count). The zero-order chi connectivity index (χ0) is 6.57. The van der Waals surface area contributed by atoms with Crippen LogP contribution in [0.4, 0.5) is 0 Å². The van der Waals surface area contributed by atoms with E-state index in [1.165, 1.54) is 0 Å². The lowest BCUT2D eigenvalue weighted by Crippen LogP contribution is -2.15. The first-order valence-corrected chi connectivity index (χ1v) is 4.22. The summed E-state index contributed by atoms with van der Waals surface area (Å²) >= 11 is 16.3. The van der Waals surface area contributed by atoms with Gasteiger partial charge in [0.25, 0.3) is 0 Å². The number of hydrogen-bond acceptors (Lipinski definition) is 1. The van der Waals surface area contributed by atoms with Crippen LogP contribution in [0.15, 0.2) is 0 Å². The summed E-state index contributed by atoms with van der Waals surface area (Å²) in [6.45, 7) is 0.450. The van der Waals surface area contributed by atoms with Gasteiger partial charge in [-0.15, -0.1) is 34.8 Å². The third-order valence-electron chi connectivity index (χ3n) is 0.599. The molecule has 0 N–H and O–H groups in total. The maximum Gasteiger partial charge on any atom is 0.146 e. The molecule has 0 amide bonds. The van der Waals surface area contributed by atoms with Gasteiger partial charge in [0.05, 0.1) is 12.0 Å². The lowest BCUT2D eigenvalue weighted by atomic mass is 10.5. The second-order valence-corrected chi connectivity index (χ2v) is 3.61.